The van der Waals surface area contributed by atoms with Crippen molar-refractivity contribution in [3.05, 3.63) is 57.0 Å². The predicted octanol–water partition coefficient (Wildman–Crippen LogP) is 2.72. The maximum Gasteiger partial charge on any atom is 0.573 e. The standard InChI is InChI=1S/C15H10F3N3O4S/c1-8-6-12(22)21-14(19-8)26-11(20-21)7-24-13(23)9-2-4-10(5-3-9)25-15(16,17)18/h2-6H,7H2,1H3. The number of esters is 1. The summed E-state index contributed by atoms with van der Waals surface area (Å²) in [6, 6.07) is 5.64. The summed E-state index contributed by atoms with van der Waals surface area (Å²) in [6.45, 7) is 1.47. The highest BCUT2D eigenvalue weighted by molar-refractivity contribution is 7.16. The van der Waals surface area contributed by atoms with E-state index in [2.05, 4.69) is 14.8 Å². The first kappa shape index (κ1) is 17.9. The molecule has 26 heavy (non-hydrogen) atoms. The Balaban J connectivity index is 1.67. The van der Waals surface area contributed by atoms with Crippen LogP contribution < -0.4 is 10.3 Å². The zero-order chi connectivity index (χ0) is 18.9. The molecular formula is C15H10F3N3O4S. The summed E-state index contributed by atoms with van der Waals surface area (Å²) in [5.74, 6) is -1.19. The van der Waals surface area contributed by atoms with Gasteiger partial charge in [0.15, 0.2) is 5.01 Å². The molecule has 0 N–H and O–H groups in total. The summed E-state index contributed by atoms with van der Waals surface area (Å²) in [6.07, 6.45) is -4.81. The minimum atomic E-state index is -4.81. The predicted molar refractivity (Wildman–Crippen MR) is 84.1 cm³/mol. The second-order valence-electron chi connectivity index (χ2n) is 5.07. The molecule has 7 nitrogen and oxygen atoms in total. The molecule has 2 heterocycles. The Morgan fingerprint density at radius 3 is 2.62 bits per heavy atom. The minimum absolute atomic E-state index is 0.0479. The highest BCUT2D eigenvalue weighted by Gasteiger charge is 2.31. The number of fused-ring (bicyclic) bond motifs is 1. The molecule has 0 amide bonds. The number of rotatable bonds is 4. The van der Waals surface area contributed by atoms with Crippen LogP contribution in [-0.4, -0.2) is 26.9 Å². The van der Waals surface area contributed by atoms with Crippen LogP contribution in [0.1, 0.15) is 21.1 Å². The number of nitrogens with zero attached hydrogens (tertiary/aromatic N) is 3. The Morgan fingerprint density at radius 1 is 1.27 bits per heavy atom. The number of ether oxygens (including phenoxy) is 2. The molecule has 2 aromatic heterocycles. The fourth-order valence-corrected chi connectivity index (χ4v) is 2.88. The molecule has 0 saturated heterocycles. The van der Waals surface area contributed by atoms with Crippen LogP contribution in [0.5, 0.6) is 5.75 Å². The maximum atomic E-state index is 12.1. The third kappa shape index (κ3) is 4.17. The second-order valence-corrected chi connectivity index (χ2v) is 6.11. The van der Waals surface area contributed by atoms with Crippen molar-refractivity contribution in [2.45, 2.75) is 19.9 Å². The molecule has 11 heteroatoms. The number of halogens is 3. The van der Waals surface area contributed by atoms with E-state index in [0.717, 1.165) is 40.1 Å². The molecule has 1 aromatic carbocycles. The Labute approximate surface area is 147 Å². The molecule has 3 aromatic rings. The van der Waals surface area contributed by atoms with Crippen molar-refractivity contribution in [2.75, 3.05) is 0 Å². The van der Waals surface area contributed by atoms with Gasteiger partial charge in [-0.15, -0.1) is 13.2 Å². The number of carbonyl (C=O) groups excluding carboxylic acids is 1. The monoisotopic (exact) mass is 385 g/mol. The molecule has 0 aliphatic carbocycles. The van der Waals surface area contributed by atoms with Crippen molar-refractivity contribution in [3.63, 3.8) is 0 Å². The van der Waals surface area contributed by atoms with Gasteiger partial charge in [-0.05, 0) is 31.2 Å². The molecule has 0 bridgehead atoms. The van der Waals surface area contributed by atoms with Gasteiger partial charge in [-0.25, -0.2) is 9.78 Å². The largest absolute Gasteiger partial charge is 0.573 e. The summed E-state index contributed by atoms with van der Waals surface area (Å²) < 4.78 is 46.2. The maximum absolute atomic E-state index is 12.1. The van der Waals surface area contributed by atoms with Crippen LogP contribution in [-0.2, 0) is 11.3 Å². The average molecular weight is 385 g/mol. The van der Waals surface area contributed by atoms with E-state index < -0.39 is 18.1 Å². The lowest BCUT2D eigenvalue weighted by atomic mass is 10.2. The van der Waals surface area contributed by atoms with Crippen LogP contribution in [0.25, 0.3) is 4.96 Å². The van der Waals surface area contributed by atoms with Gasteiger partial charge in [0.2, 0.25) is 4.96 Å². The van der Waals surface area contributed by atoms with Gasteiger partial charge in [-0.3, -0.25) is 4.79 Å². The molecule has 0 fully saturated rings. The van der Waals surface area contributed by atoms with Gasteiger partial charge in [-0.1, -0.05) is 11.3 Å². The fourth-order valence-electron chi connectivity index (χ4n) is 2.02. The Kier molecular flexibility index (Phi) is 4.64. The Bertz CT molecular complexity index is 1010. The van der Waals surface area contributed by atoms with E-state index in [1.807, 2.05) is 0 Å². The summed E-state index contributed by atoms with van der Waals surface area (Å²) in [7, 11) is 0. The van der Waals surface area contributed by atoms with Crippen LogP contribution in [0.4, 0.5) is 13.2 Å². The first-order valence-corrected chi connectivity index (χ1v) is 7.92. The topological polar surface area (TPSA) is 82.8 Å². The van der Waals surface area contributed by atoms with Crippen LogP contribution >= 0.6 is 11.3 Å². The van der Waals surface area contributed by atoms with E-state index in [1.54, 1.807) is 6.92 Å². The van der Waals surface area contributed by atoms with Crippen LogP contribution in [0, 0.1) is 6.92 Å². The second kappa shape index (κ2) is 6.75. The fraction of sp³-hybridized carbons (Fsp3) is 0.200. The molecule has 0 unspecified atom stereocenters. The highest BCUT2D eigenvalue weighted by Crippen LogP contribution is 2.23. The number of aryl methyl sites for hydroxylation is 1. The van der Waals surface area contributed by atoms with Gasteiger partial charge in [0, 0.05) is 11.8 Å². The molecule has 136 valence electrons. The average Bonchev–Trinajstić information content (AvgIpc) is 2.95. The highest BCUT2D eigenvalue weighted by atomic mass is 32.1. The Morgan fingerprint density at radius 2 is 1.96 bits per heavy atom. The smallest absolute Gasteiger partial charge is 0.455 e. The lowest BCUT2D eigenvalue weighted by Crippen LogP contribution is -2.17. The molecule has 3 rings (SSSR count). The third-order valence-electron chi connectivity index (χ3n) is 3.07. The SMILES string of the molecule is Cc1cc(=O)n2nc(COC(=O)c3ccc(OC(F)(F)F)cc3)sc2n1. The van der Waals surface area contributed by atoms with E-state index in [0.29, 0.717) is 15.7 Å². The normalized spacial score (nSPS) is 11.5. The van der Waals surface area contributed by atoms with E-state index in [1.165, 1.54) is 6.07 Å². The van der Waals surface area contributed by atoms with Crippen molar-refractivity contribution in [3.8, 4) is 5.75 Å². The summed E-state index contributed by atoms with van der Waals surface area (Å²) >= 11 is 1.09. The number of alkyl halides is 3. The molecule has 0 radical (unpaired) electrons. The first-order chi connectivity index (χ1) is 12.2. The molecule has 0 aliphatic heterocycles. The summed E-state index contributed by atoms with van der Waals surface area (Å²) in [5, 5.41) is 4.36. The number of hydrogen-bond acceptors (Lipinski definition) is 7. The number of aromatic nitrogens is 3. The van der Waals surface area contributed by atoms with Crippen molar-refractivity contribution in [1.29, 1.82) is 0 Å². The quantitative estimate of drug-likeness (QED) is 0.643. The van der Waals surface area contributed by atoms with Crippen molar-refractivity contribution in [1.82, 2.24) is 14.6 Å². The molecule has 0 spiro atoms. The molecule has 0 saturated carbocycles. The molecular weight excluding hydrogens is 375 g/mol. The van der Waals surface area contributed by atoms with Gasteiger partial charge in [-0.2, -0.15) is 9.61 Å². The van der Waals surface area contributed by atoms with Crippen LogP contribution in [0.2, 0.25) is 0 Å². The Hall–Kier alpha value is -2.95. The summed E-state index contributed by atoms with van der Waals surface area (Å²) in [4.78, 5) is 28.3. The third-order valence-corrected chi connectivity index (χ3v) is 3.95. The van der Waals surface area contributed by atoms with E-state index in [4.69, 9.17) is 4.74 Å². The number of benzene rings is 1. The van der Waals surface area contributed by atoms with Gasteiger partial charge in [0.1, 0.15) is 12.4 Å². The van der Waals surface area contributed by atoms with Gasteiger partial charge in [0.25, 0.3) is 5.56 Å². The van der Waals surface area contributed by atoms with Crippen molar-refractivity contribution >= 4 is 22.3 Å². The molecule has 0 aliphatic rings. The van der Waals surface area contributed by atoms with Crippen molar-refractivity contribution in [2.24, 2.45) is 0 Å². The lowest BCUT2D eigenvalue weighted by molar-refractivity contribution is -0.274. The number of carbonyl (C=O) groups is 1. The lowest BCUT2D eigenvalue weighted by Gasteiger charge is -2.09. The summed E-state index contributed by atoms with van der Waals surface area (Å²) in [5.41, 5.74) is 0.247. The van der Waals surface area contributed by atoms with Crippen LogP contribution in [0.15, 0.2) is 35.1 Å². The van der Waals surface area contributed by atoms with E-state index >= 15 is 0 Å². The molecule has 0 atom stereocenters. The minimum Gasteiger partial charge on any atom is -0.455 e. The van der Waals surface area contributed by atoms with Gasteiger partial charge < -0.3 is 9.47 Å². The zero-order valence-corrected chi connectivity index (χ0v) is 13.9. The van der Waals surface area contributed by atoms with Gasteiger partial charge >= 0.3 is 12.3 Å². The van der Waals surface area contributed by atoms with Crippen molar-refractivity contribution < 1.29 is 27.4 Å². The van der Waals surface area contributed by atoms with Gasteiger partial charge in [0.05, 0.1) is 5.56 Å². The first-order valence-electron chi connectivity index (χ1n) is 7.10. The number of hydrogen-bond donors (Lipinski definition) is 0. The van der Waals surface area contributed by atoms with E-state index in [9.17, 15) is 22.8 Å². The van der Waals surface area contributed by atoms with Crippen LogP contribution in [0.3, 0.4) is 0 Å². The zero-order valence-electron chi connectivity index (χ0n) is 13.1. The van der Waals surface area contributed by atoms with E-state index in [-0.39, 0.29) is 17.7 Å².